The van der Waals surface area contributed by atoms with E-state index < -0.39 is 0 Å². The van der Waals surface area contributed by atoms with Gasteiger partial charge in [0.25, 0.3) is 0 Å². The van der Waals surface area contributed by atoms with Gasteiger partial charge in [-0.1, -0.05) is 11.8 Å². The van der Waals surface area contributed by atoms with Crippen LogP contribution in [-0.4, -0.2) is 45.9 Å². The molecule has 0 spiro atoms. The van der Waals surface area contributed by atoms with Gasteiger partial charge < -0.3 is 14.2 Å². The molecular formula is C17H23NO3. The fraction of sp³-hybridized carbons (Fsp3) is 0.529. The average molecular weight is 289 g/mol. The van der Waals surface area contributed by atoms with Gasteiger partial charge in [-0.2, -0.15) is 0 Å². The molecule has 4 nitrogen and oxygen atoms in total. The first-order valence-corrected chi connectivity index (χ1v) is 7.06. The van der Waals surface area contributed by atoms with Crippen LogP contribution in [-0.2, 0) is 11.2 Å². The van der Waals surface area contributed by atoms with Crippen molar-refractivity contribution in [2.24, 2.45) is 0 Å². The standard InChI is InChI=1S/C17H23NO3/c1-12-9-13-10-16(20-4)17(21-5)11-14(13)15(18(12)2)7-6-8-19-3/h10-12,15H,8-9H2,1-5H3. The van der Waals surface area contributed by atoms with Crippen LogP contribution in [0, 0.1) is 11.8 Å². The zero-order valence-electron chi connectivity index (χ0n) is 13.4. The predicted octanol–water partition coefficient (Wildman–Crippen LogP) is 2.27. The molecule has 114 valence electrons. The predicted molar refractivity (Wildman–Crippen MR) is 82.9 cm³/mol. The minimum atomic E-state index is 0.0544. The molecule has 1 aliphatic heterocycles. The van der Waals surface area contributed by atoms with Crippen LogP contribution >= 0.6 is 0 Å². The van der Waals surface area contributed by atoms with Crippen LogP contribution < -0.4 is 9.47 Å². The Labute approximate surface area is 127 Å². The Bertz CT molecular complexity index is 559. The number of benzene rings is 1. The highest BCUT2D eigenvalue weighted by Gasteiger charge is 2.29. The van der Waals surface area contributed by atoms with Crippen LogP contribution in [0.3, 0.4) is 0 Å². The molecule has 0 saturated carbocycles. The van der Waals surface area contributed by atoms with Gasteiger partial charge in [0.15, 0.2) is 11.5 Å². The van der Waals surface area contributed by atoms with E-state index in [1.54, 1.807) is 21.3 Å². The van der Waals surface area contributed by atoms with Crippen molar-refractivity contribution < 1.29 is 14.2 Å². The molecule has 0 N–H and O–H groups in total. The van der Waals surface area contributed by atoms with Crippen molar-refractivity contribution >= 4 is 0 Å². The zero-order valence-corrected chi connectivity index (χ0v) is 13.4. The van der Waals surface area contributed by atoms with Gasteiger partial charge >= 0.3 is 0 Å². The number of ether oxygens (including phenoxy) is 3. The van der Waals surface area contributed by atoms with E-state index in [2.05, 4.69) is 36.8 Å². The lowest BCUT2D eigenvalue weighted by Gasteiger charge is -2.37. The van der Waals surface area contributed by atoms with Gasteiger partial charge in [-0.3, -0.25) is 4.90 Å². The Hall–Kier alpha value is -1.70. The molecule has 0 radical (unpaired) electrons. The quantitative estimate of drug-likeness (QED) is 0.799. The molecule has 1 heterocycles. The minimum absolute atomic E-state index is 0.0544. The van der Waals surface area contributed by atoms with Gasteiger partial charge in [-0.15, -0.1) is 0 Å². The number of likely N-dealkylation sites (N-methyl/N-ethyl adjacent to an activating group) is 1. The van der Waals surface area contributed by atoms with Crippen LogP contribution in [0.2, 0.25) is 0 Å². The number of hydrogen-bond acceptors (Lipinski definition) is 4. The first kappa shape index (κ1) is 15.7. The molecule has 0 aliphatic carbocycles. The Morgan fingerprint density at radius 3 is 2.48 bits per heavy atom. The normalized spacial score (nSPS) is 21.2. The molecule has 0 amide bonds. The second-order valence-corrected chi connectivity index (χ2v) is 5.28. The van der Waals surface area contributed by atoms with Crippen LogP contribution in [0.15, 0.2) is 12.1 Å². The molecule has 2 rings (SSSR count). The number of methoxy groups -OCH3 is 3. The number of rotatable bonds is 3. The van der Waals surface area contributed by atoms with Gasteiger partial charge in [0.05, 0.1) is 20.3 Å². The third-order valence-corrected chi connectivity index (χ3v) is 4.01. The van der Waals surface area contributed by atoms with Crippen molar-refractivity contribution in [3.05, 3.63) is 23.3 Å². The Morgan fingerprint density at radius 1 is 1.19 bits per heavy atom. The average Bonchev–Trinajstić information content (AvgIpc) is 2.50. The monoisotopic (exact) mass is 289 g/mol. The van der Waals surface area contributed by atoms with Crippen LogP contribution in [0.4, 0.5) is 0 Å². The van der Waals surface area contributed by atoms with Crippen molar-refractivity contribution in [1.29, 1.82) is 0 Å². The Morgan fingerprint density at radius 2 is 1.86 bits per heavy atom. The maximum atomic E-state index is 5.42. The van der Waals surface area contributed by atoms with E-state index in [0.29, 0.717) is 12.6 Å². The summed E-state index contributed by atoms with van der Waals surface area (Å²) in [7, 11) is 7.09. The van der Waals surface area contributed by atoms with Gasteiger partial charge in [0.2, 0.25) is 0 Å². The summed E-state index contributed by atoms with van der Waals surface area (Å²) in [5.74, 6) is 7.90. The van der Waals surface area contributed by atoms with E-state index in [0.717, 1.165) is 17.9 Å². The fourth-order valence-corrected chi connectivity index (χ4v) is 2.69. The highest BCUT2D eigenvalue weighted by atomic mass is 16.5. The number of nitrogens with zero attached hydrogens (tertiary/aromatic N) is 1. The van der Waals surface area contributed by atoms with Crippen LogP contribution in [0.1, 0.15) is 24.1 Å². The lowest BCUT2D eigenvalue weighted by molar-refractivity contribution is 0.202. The second-order valence-electron chi connectivity index (χ2n) is 5.28. The zero-order chi connectivity index (χ0) is 15.4. The van der Waals surface area contributed by atoms with Crippen molar-refractivity contribution in [3.8, 4) is 23.3 Å². The Kier molecular flexibility index (Phi) is 5.11. The summed E-state index contributed by atoms with van der Waals surface area (Å²) in [6.45, 7) is 2.66. The van der Waals surface area contributed by atoms with Crippen molar-refractivity contribution in [3.63, 3.8) is 0 Å². The molecule has 21 heavy (non-hydrogen) atoms. The van der Waals surface area contributed by atoms with Gasteiger partial charge in [-0.05, 0) is 43.7 Å². The molecule has 4 heteroatoms. The van der Waals surface area contributed by atoms with Gasteiger partial charge in [0, 0.05) is 13.2 Å². The lowest BCUT2D eigenvalue weighted by atomic mass is 9.89. The lowest BCUT2D eigenvalue weighted by Crippen LogP contribution is -2.38. The molecular weight excluding hydrogens is 266 g/mol. The molecule has 1 aromatic rings. The molecule has 0 aromatic heterocycles. The highest BCUT2D eigenvalue weighted by molar-refractivity contribution is 5.51. The molecule has 0 fully saturated rings. The summed E-state index contributed by atoms with van der Waals surface area (Å²) >= 11 is 0. The summed E-state index contributed by atoms with van der Waals surface area (Å²) in [5, 5.41) is 0. The van der Waals surface area contributed by atoms with E-state index in [9.17, 15) is 0 Å². The third kappa shape index (κ3) is 3.15. The molecule has 0 saturated heterocycles. The maximum Gasteiger partial charge on any atom is 0.161 e. The van der Waals surface area contributed by atoms with Crippen molar-refractivity contribution in [1.82, 2.24) is 4.90 Å². The van der Waals surface area contributed by atoms with Gasteiger partial charge in [0.1, 0.15) is 6.61 Å². The SMILES string of the molecule is COCC#CC1c2cc(OC)c(OC)cc2CC(C)N1C. The van der Waals surface area contributed by atoms with Gasteiger partial charge in [-0.25, -0.2) is 0 Å². The summed E-state index contributed by atoms with van der Waals surface area (Å²) < 4.78 is 15.9. The first-order chi connectivity index (χ1) is 10.1. The molecule has 0 bridgehead atoms. The molecule has 2 unspecified atom stereocenters. The largest absolute Gasteiger partial charge is 0.493 e. The van der Waals surface area contributed by atoms with E-state index in [-0.39, 0.29) is 6.04 Å². The molecule has 2 atom stereocenters. The van der Waals surface area contributed by atoms with E-state index in [4.69, 9.17) is 14.2 Å². The molecule has 1 aromatic carbocycles. The summed E-state index contributed by atoms with van der Waals surface area (Å²) in [4.78, 5) is 2.29. The maximum absolute atomic E-state index is 5.42. The number of fused-ring (bicyclic) bond motifs is 1. The minimum Gasteiger partial charge on any atom is -0.493 e. The number of hydrogen-bond donors (Lipinski definition) is 0. The first-order valence-electron chi connectivity index (χ1n) is 7.06. The van der Waals surface area contributed by atoms with Crippen LogP contribution in [0.5, 0.6) is 11.5 Å². The van der Waals surface area contributed by atoms with Crippen molar-refractivity contribution in [2.75, 3.05) is 35.0 Å². The van der Waals surface area contributed by atoms with E-state index in [1.807, 2.05) is 6.07 Å². The molecule has 1 aliphatic rings. The van der Waals surface area contributed by atoms with Crippen LogP contribution in [0.25, 0.3) is 0 Å². The van der Waals surface area contributed by atoms with Crippen molar-refractivity contribution in [2.45, 2.75) is 25.4 Å². The topological polar surface area (TPSA) is 30.9 Å². The summed E-state index contributed by atoms with van der Waals surface area (Å²) in [6, 6.07) is 4.60. The van der Waals surface area contributed by atoms with E-state index in [1.165, 1.54) is 11.1 Å². The highest BCUT2D eigenvalue weighted by Crippen LogP contribution is 2.38. The fourth-order valence-electron chi connectivity index (χ4n) is 2.69. The van der Waals surface area contributed by atoms with E-state index >= 15 is 0 Å². The third-order valence-electron chi connectivity index (χ3n) is 4.01. The summed E-state index contributed by atoms with van der Waals surface area (Å²) in [6.07, 6.45) is 0.981. The second kappa shape index (κ2) is 6.84. The smallest absolute Gasteiger partial charge is 0.161 e. The summed E-state index contributed by atoms with van der Waals surface area (Å²) in [5.41, 5.74) is 2.46. The Balaban J connectivity index is 2.47.